The number of hydrogen-bond donors (Lipinski definition) is 2. The zero-order chi connectivity index (χ0) is 14.0. The van der Waals surface area contributed by atoms with E-state index in [0.717, 1.165) is 0 Å². The minimum Gasteiger partial charge on any atom is -0.492 e. The van der Waals surface area contributed by atoms with Crippen LogP contribution in [0, 0.1) is 0 Å². The molecule has 0 fully saturated rings. The highest BCUT2D eigenvalue weighted by Crippen LogP contribution is 2.32. The van der Waals surface area contributed by atoms with Gasteiger partial charge in [0.2, 0.25) is 0 Å². The molecule has 0 saturated carbocycles. The summed E-state index contributed by atoms with van der Waals surface area (Å²) >= 11 is 0. The molecule has 2 rings (SSSR count). The van der Waals surface area contributed by atoms with Crippen molar-refractivity contribution >= 4 is 23.1 Å². The summed E-state index contributed by atoms with van der Waals surface area (Å²) in [6, 6.07) is 1.52. The molecule has 7 heteroatoms. The molecule has 19 heavy (non-hydrogen) atoms. The minimum absolute atomic E-state index is 0.0826. The van der Waals surface area contributed by atoms with Gasteiger partial charge in [0.05, 0.1) is 24.6 Å². The Morgan fingerprint density at radius 2 is 2.26 bits per heavy atom. The number of fused-ring (bicyclic) bond motifs is 1. The molecule has 1 amide bonds. The molecular weight excluding hydrogens is 250 g/mol. The number of methoxy groups -OCH3 is 1. The van der Waals surface area contributed by atoms with Crippen LogP contribution in [0.15, 0.2) is 18.5 Å². The van der Waals surface area contributed by atoms with Crippen molar-refractivity contribution in [1.29, 1.82) is 0 Å². The van der Waals surface area contributed by atoms with Crippen molar-refractivity contribution in [2.75, 3.05) is 12.4 Å². The highest BCUT2D eigenvalue weighted by atomic mass is 16.5. The van der Waals surface area contributed by atoms with Crippen LogP contribution in [0.5, 0.6) is 5.75 Å². The van der Waals surface area contributed by atoms with Gasteiger partial charge < -0.3 is 9.84 Å². The smallest absolute Gasteiger partial charge is 0.409 e. The summed E-state index contributed by atoms with van der Waals surface area (Å²) in [7, 11) is 1.41. The molecule has 7 nitrogen and oxygen atoms in total. The van der Waals surface area contributed by atoms with E-state index >= 15 is 0 Å². The highest BCUT2D eigenvalue weighted by molar-refractivity contribution is 6.04. The number of ether oxygens (including phenoxy) is 1. The lowest BCUT2D eigenvalue weighted by Crippen LogP contribution is -2.09. The third-order valence-electron chi connectivity index (χ3n) is 2.70. The maximum Gasteiger partial charge on any atom is 0.409 e. The van der Waals surface area contributed by atoms with E-state index in [1.807, 2.05) is 0 Å². The summed E-state index contributed by atoms with van der Waals surface area (Å²) in [5, 5.41) is 15.1. The molecule has 0 unspecified atom stereocenters. The van der Waals surface area contributed by atoms with Crippen LogP contribution >= 0.6 is 0 Å². The van der Waals surface area contributed by atoms with Crippen LogP contribution in [0.1, 0.15) is 23.7 Å². The summed E-state index contributed by atoms with van der Waals surface area (Å²) in [6.07, 6.45) is 2.15. The van der Waals surface area contributed by atoms with E-state index in [1.54, 1.807) is 13.1 Å². The van der Waals surface area contributed by atoms with E-state index in [2.05, 4.69) is 10.4 Å². The number of ketones is 1. The van der Waals surface area contributed by atoms with Crippen LogP contribution in [0.4, 0.5) is 10.5 Å². The average molecular weight is 263 g/mol. The Kier molecular flexibility index (Phi) is 3.37. The first-order chi connectivity index (χ1) is 9.08. The quantitative estimate of drug-likeness (QED) is 0.823. The monoisotopic (exact) mass is 263 g/mol. The van der Waals surface area contributed by atoms with E-state index < -0.39 is 6.09 Å². The topological polar surface area (TPSA) is 92.9 Å². The van der Waals surface area contributed by atoms with E-state index in [9.17, 15) is 9.59 Å². The minimum atomic E-state index is -1.20. The van der Waals surface area contributed by atoms with Gasteiger partial charge in [-0.1, -0.05) is 6.92 Å². The SMILES string of the molecule is CCC(=O)c1cnn2ccc(NC(=O)O)c(OC)c12. The van der Waals surface area contributed by atoms with Crippen molar-refractivity contribution in [2.45, 2.75) is 13.3 Å². The normalized spacial score (nSPS) is 10.4. The van der Waals surface area contributed by atoms with E-state index in [0.29, 0.717) is 17.5 Å². The van der Waals surface area contributed by atoms with Gasteiger partial charge in [-0.25, -0.2) is 9.31 Å². The number of nitrogens with one attached hydrogen (secondary N) is 1. The summed E-state index contributed by atoms with van der Waals surface area (Å²) in [4.78, 5) is 22.6. The molecule has 2 aromatic rings. The number of hydrogen-bond acceptors (Lipinski definition) is 4. The number of carbonyl (C=O) groups is 2. The van der Waals surface area contributed by atoms with Crippen molar-refractivity contribution in [3.05, 3.63) is 24.0 Å². The first kappa shape index (κ1) is 12.9. The van der Waals surface area contributed by atoms with Crippen molar-refractivity contribution in [2.24, 2.45) is 0 Å². The Bertz CT molecular complexity index is 648. The average Bonchev–Trinajstić information content (AvgIpc) is 2.81. The maximum absolute atomic E-state index is 11.8. The number of carboxylic acid groups (broad SMARTS) is 1. The van der Waals surface area contributed by atoms with Gasteiger partial charge in [-0.15, -0.1) is 0 Å². The molecule has 0 atom stereocenters. The lowest BCUT2D eigenvalue weighted by Gasteiger charge is -2.10. The number of carbonyl (C=O) groups excluding carboxylic acids is 1. The summed E-state index contributed by atoms with van der Waals surface area (Å²) in [5.41, 5.74) is 1.14. The summed E-state index contributed by atoms with van der Waals surface area (Å²) in [6.45, 7) is 1.75. The predicted octanol–water partition coefficient (Wildman–Crippen LogP) is 2.03. The maximum atomic E-state index is 11.8. The standard InChI is InChI=1S/C12H13N3O4/c1-3-9(16)7-6-13-15-5-4-8(14-12(17)18)11(19-2)10(7)15/h4-6,14H,3H2,1-2H3,(H,17,18). The number of Topliss-reactive ketones (excluding diaryl/α,β-unsaturated/α-hetero) is 1. The Morgan fingerprint density at radius 3 is 2.84 bits per heavy atom. The lowest BCUT2D eigenvalue weighted by atomic mass is 10.1. The van der Waals surface area contributed by atoms with Gasteiger partial charge in [0.1, 0.15) is 5.52 Å². The number of pyridine rings is 1. The van der Waals surface area contributed by atoms with Gasteiger partial charge in [-0.2, -0.15) is 5.10 Å². The summed E-state index contributed by atoms with van der Waals surface area (Å²) in [5.74, 6) is 0.194. The van der Waals surface area contributed by atoms with Crippen LogP contribution in [-0.2, 0) is 0 Å². The predicted molar refractivity (Wildman–Crippen MR) is 68.0 cm³/mol. The molecule has 0 aliphatic heterocycles. The van der Waals surface area contributed by atoms with Crippen LogP contribution in [0.3, 0.4) is 0 Å². The fraction of sp³-hybridized carbons (Fsp3) is 0.250. The molecular formula is C12H13N3O4. The molecule has 0 spiro atoms. The largest absolute Gasteiger partial charge is 0.492 e. The van der Waals surface area contributed by atoms with E-state index in [1.165, 1.54) is 23.9 Å². The molecule has 0 aromatic carbocycles. The third kappa shape index (κ3) is 2.22. The third-order valence-corrected chi connectivity index (χ3v) is 2.70. The van der Waals surface area contributed by atoms with Crippen LogP contribution in [0.25, 0.3) is 5.52 Å². The van der Waals surface area contributed by atoms with Crippen LogP contribution < -0.4 is 10.1 Å². The number of anilines is 1. The number of rotatable bonds is 4. The second kappa shape index (κ2) is 4.97. The molecule has 0 aliphatic carbocycles. The van der Waals surface area contributed by atoms with Gasteiger partial charge >= 0.3 is 6.09 Å². The lowest BCUT2D eigenvalue weighted by molar-refractivity contribution is 0.0989. The Labute approximate surface area is 108 Å². The molecule has 0 aliphatic rings. The molecule has 0 bridgehead atoms. The first-order valence-electron chi connectivity index (χ1n) is 5.66. The van der Waals surface area contributed by atoms with Gasteiger partial charge in [-0.05, 0) is 6.07 Å². The number of amides is 1. The van der Waals surface area contributed by atoms with Gasteiger partial charge in [-0.3, -0.25) is 10.1 Å². The zero-order valence-electron chi connectivity index (χ0n) is 10.5. The first-order valence-corrected chi connectivity index (χ1v) is 5.66. The second-order valence-electron chi connectivity index (χ2n) is 3.82. The van der Waals surface area contributed by atoms with Crippen molar-refractivity contribution in [3.63, 3.8) is 0 Å². The molecule has 2 N–H and O–H groups in total. The second-order valence-corrected chi connectivity index (χ2v) is 3.82. The molecule has 0 radical (unpaired) electrons. The van der Waals surface area contributed by atoms with Crippen molar-refractivity contribution in [3.8, 4) is 5.75 Å². The van der Waals surface area contributed by atoms with Gasteiger partial charge in [0.15, 0.2) is 11.5 Å². The fourth-order valence-corrected chi connectivity index (χ4v) is 1.86. The van der Waals surface area contributed by atoms with Crippen LogP contribution in [0.2, 0.25) is 0 Å². The van der Waals surface area contributed by atoms with Crippen molar-refractivity contribution in [1.82, 2.24) is 9.61 Å². The zero-order valence-corrected chi connectivity index (χ0v) is 10.5. The summed E-state index contributed by atoms with van der Waals surface area (Å²) < 4.78 is 6.70. The highest BCUT2D eigenvalue weighted by Gasteiger charge is 2.18. The Morgan fingerprint density at radius 1 is 1.53 bits per heavy atom. The van der Waals surface area contributed by atoms with Crippen molar-refractivity contribution < 1.29 is 19.4 Å². The number of aromatic nitrogens is 2. The fourth-order valence-electron chi connectivity index (χ4n) is 1.86. The molecule has 100 valence electrons. The molecule has 2 heterocycles. The van der Waals surface area contributed by atoms with Gasteiger partial charge in [0.25, 0.3) is 0 Å². The Balaban J connectivity index is 2.68. The molecule has 2 aromatic heterocycles. The Hall–Kier alpha value is -2.57. The number of nitrogens with zero attached hydrogens (tertiary/aromatic N) is 2. The van der Waals surface area contributed by atoms with E-state index in [4.69, 9.17) is 9.84 Å². The van der Waals surface area contributed by atoms with E-state index in [-0.39, 0.29) is 17.2 Å². The van der Waals surface area contributed by atoms with Crippen LogP contribution in [-0.4, -0.2) is 33.7 Å². The van der Waals surface area contributed by atoms with Gasteiger partial charge in [0, 0.05) is 12.6 Å². The molecule has 0 saturated heterocycles.